The van der Waals surface area contributed by atoms with Crippen LogP contribution in [0.25, 0.3) is 0 Å². The van der Waals surface area contributed by atoms with Gasteiger partial charge in [-0.3, -0.25) is 0 Å². The van der Waals surface area contributed by atoms with Crippen LogP contribution in [-0.2, 0) is 0 Å². The fraction of sp³-hybridized carbons (Fsp3) is 0.923. The fourth-order valence-corrected chi connectivity index (χ4v) is 9.35. The normalized spacial score (nSPS) is 49.1. The number of allylic oxidation sites excluding steroid dienone is 1. The van der Waals surface area contributed by atoms with E-state index < -0.39 is 13.9 Å². The molecule has 172 valence electrons. The number of aliphatic hydroxyl groups excluding tert-OH is 1. The van der Waals surface area contributed by atoms with E-state index >= 15 is 0 Å². The molecule has 0 bridgehead atoms. The minimum absolute atomic E-state index is 0.0963. The lowest BCUT2D eigenvalue weighted by atomic mass is 9.44. The van der Waals surface area contributed by atoms with Crippen LogP contribution in [0.1, 0.15) is 86.0 Å². The van der Waals surface area contributed by atoms with E-state index in [4.69, 9.17) is 0 Å². The summed E-state index contributed by atoms with van der Waals surface area (Å²) in [4.78, 5) is 10.8. The molecule has 3 N–H and O–H groups in total. The van der Waals surface area contributed by atoms with E-state index in [0.717, 1.165) is 38.5 Å². The van der Waals surface area contributed by atoms with Gasteiger partial charge in [-0.1, -0.05) is 46.3 Å². The van der Waals surface area contributed by atoms with Gasteiger partial charge in [-0.05, 0) is 104 Å². The molecule has 0 radical (unpaired) electrons. The smallest absolute Gasteiger partial charge is 0.188 e. The Bertz CT molecular complexity index is 724. The molecule has 0 aromatic carbocycles. The van der Waals surface area contributed by atoms with Crippen LogP contribution in [0.5, 0.6) is 0 Å². The molecule has 5 unspecified atom stereocenters. The number of hydrogen-bond acceptors (Lipinski definition) is 3. The van der Waals surface area contributed by atoms with Crippen molar-refractivity contribution >= 4 is 8.32 Å². The fourth-order valence-electron chi connectivity index (χ4n) is 8.59. The Morgan fingerprint density at radius 3 is 2.47 bits per heavy atom. The summed E-state index contributed by atoms with van der Waals surface area (Å²) in [7, 11) is -2.35. The Kier molecular flexibility index (Phi) is 5.31. The van der Waals surface area contributed by atoms with Crippen molar-refractivity contribution in [1.82, 2.24) is 0 Å². The molecule has 4 rings (SSSR count). The van der Waals surface area contributed by atoms with Gasteiger partial charge in [-0.2, -0.15) is 0 Å². The maximum absolute atomic E-state index is 11.6. The van der Waals surface area contributed by atoms with Crippen molar-refractivity contribution in [3.8, 4) is 0 Å². The molecular formula is C26H46O3Si. The Hall–Kier alpha value is -0.163. The Labute approximate surface area is 185 Å². The molecule has 0 saturated heterocycles. The van der Waals surface area contributed by atoms with Gasteiger partial charge in [-0.25, -0.2) is 0 Å². The van der Waals surface area contributed by atoms with Crippen molar-refractivity contribution in [2.45, 2.75) is 116 Å². The molecule has 0 aromatic rings. The summed E-state index contributed by atoms with van der Waals surface area (Å²) in [5.74, 6) is 2.60. The summed E-state index contributed by atoms with van der Waals surface area (Å²) in [5, 5.41) is 22.2. The number of rotatable bonds is 3. The third-order valence-electron chi connectivity index (χ3n) is 10.9. The van der Waals surface area contributed by atoms with E-state index in [1.54, 1.807) is 0 Å². The summed E-state index contributed by atoms with van der Waals surface area (Å²) in [6.45, 7) is 15.6. The number of aliphatic hydroxyl groups is 2. The lowest BCUT2D eigenvalue weighted by Crippen LogP contribution is -2.56. The van der Waals surface area contributed by atoms with Crippen LogP contribution in [0.15, 0.2) is 11.6 Å². The van der Waals surface area contributed by atoms with Crippen molar-refractivity contribution in [1.29, 1.82) is 0 Å². The maximum atomic E-state index is 11.6. The van der Waals surface area contributed by atoms with Crippen LogP contribution in [-0.4, -0.2) is 35.0 Å². The second-order valence-electron chi connectivity index (χ2n) is 13.5. The molecule has 0 heterocycles. The van der Waals surface area contributed by atoms with Crippen molar-refractivity contribution in [3.05, 3.63) is 11.6 Å². The lowest BCUT2D eigenvalue weighted by molar-refractivity contribution is -0.111. The highest BCUT2D eigenvalue weighted by atomic mass is 28.4. The topological polar surface area (TPSA) is 60.7 Å². The van der Waals surface area contributed by atoms with Crippen LogP contribution in [0.4, 0.5) is 0 Å². The monoisotopic (exact) mass is 434 g/mol. The first-order chi connectivity index (χ1) is 13.6. The molecule has 0 spiro atoms. The van der Waals surface area contributed by atoms with E-state index in [-0.39, 0.29) is 22.0 Å². The summed E-state index contributed by atoms with van der Waals surface area (Å²) in [6.07, 6.45) is 10.1. The van der Waals surface area contributed by atoms with Crippen LogP contribution in [0, 0.1) is 34.5 Å². The first kappa shape index (κ1) is 23.0. The molecule has 0 aliphatic heterocycles. The predicted octanol–water partition coefficient (Wildman–Crippen LogP) is 5.65. The molecule has 0 amide bonds. The lowest BCUT2D eigenvalue weighted by Gasteiger charge is -2.61. The van der Waals surface area contributed by atoms with Gasteiger partial charge in [0.25, 0.3) is 0 Å². The minimum atomic E-state index is -2.35. The minimum Gasteiger partial charge on any atom is -0.432 e. The van der Waals surface area contributed by atoms with E-state index in [9.17, 15) is 15.0 Å². The van der Waals surface area contributed by atoms with Gasteiger partial charge in [-0.15, -0.1) is 0 Å². The van der Waals surface area contributed by atoms with Crippen LogP contribution in [0.2, 0.25) is 18.1 Å². The third-order valence-corrected chi connectivity index (χ3v) is 14.4. The zero-order chi connectivity index (χ0) is 22.3. The Morgan fingerprint density at radius 1 is 1.17 bits per heavy atom. The Balaban J connectivity index is 1.61. The molecule has 4 aliphatic rings. The highest BCUT2D eigenvalue weighted by Crippen LogP contribution is 2.67. The molecular weight excluding hydrogens is 388 g/mol. The van der Waals surface area contributed by atoms with Gasteiger partial charge < -0.3 is 15.0 Å². The zero-order valence-electron chi connectivity index (χ0n) is 20.5. The van der Waals surface area contributed by atoms with Gasteiger partial charge in [0.2, 0.25) is 0 Å². The van der Waals surface area contributed by atoms with E-state index in [1.165, 1.54) is 12.0 Å². The first-order valence-electron chi connectivity index (χ1n) is 12.5. The van der Waals surface area contributed by atoms with Crippen molar-refractivity contribution < 1.29 is 15.0 Å². The average molecular weight is 435 g/mol. The predicted molar refractivity (Wildman–Crippen MR) is 126 cm³/mol. The number of hydrogen-bond donors (Lipinski definition) is 3. The largest absolute Gasteiger partial charge is 0.432 e. The average Bonchev–Trinajstić information content (AvgIpc) is 2.88. The third kappa shape index (κ3) is 3.31. The summed E-state index contributed by atoms with van der Waals surface area (Å²) in [5.41, 5.74) is 1.07. The molecule has 3 nitrogen and oxygen atoms in total. The molecule has 30 heavy (non-hydrogen) atoms. The van der Waals surface area contributed by atoms with Gasteiger partial charge in [0, 0.05) is 0 Å². The van der Waals surface area contributed by atoms with Gasteiger partial charge in [0.15, 0.2) is 8.32 Å². The molecule has 4 heteroatoms. The SMILES string of the molecule is C[C@H]1C[C@]2(C)C(O)CCC2C2CC=C3CC(O)(CC(C)(C)[Si](C)(C)O)CC[C@]3(C)C21. The highest BCUT2D eigenvalue weighted by Gasteiger charge is 2.61. The Morgan fingerprint density at radius 2 is 1.83 bits per heavy atom. The van der Waals surface area contributed by atoms with Crippen molar-refractivity contribution in [2.75, 3.05) is 0 Å². The second kappa shape index (κ2) is 6.92. The van der Waals surface area contributed by atoms with E-state index in [1.807, 2.05) is 13.1 Å². The van der Waals surface area contributed by atoms with Crippen molar-refractivity contribution in [2.24, 2.45) is 34.5 Å². The van der Waals surface area contributed by atoms with Gasteiger partial charge in [0.1, 0.15) is 0 Å². The van der Waals surface area contributed by atoms with Crippen LogP contribution < -0.4 is 0 Å². The first-order valence-corrected chi connectivity index (χ1v) is 15.4. The molecule has 3 fully saturated rings. The molecule has 4 aliphatic carbocycles. The molecule has 8 atom stereocenters. The van der Waals surface area contributed by atoms with Crippen LogP contribution >= 0.6 is 0 Å². The highest BCUT2D eigenvalue weighted by molar-refractivity contribution is 6.72. The van der Waals surface area contributed by atoms with E-state index in [0.29, 0.717) is 30.1 Å². The quantitative estimate of drug-likeness (QED) is 0.397. The standard InChI is InChI=1S/C26H46O3Si/c1-17-14-25(5)20(10-11-21(25)27)19-9-8-18-15-26(28,13-12-24(18,4)22(17)19)16-23(2,3)30(6,7)29/h8,17,19-22,27-29H,9-16H2,1-7H3/t17-,19?,20?,21?,22?,24-,25-,26?/m0/s1. The second-order valence-corrected chi connectivity index (χ2v) is 18.0. The summed E-state index contributed by atoms with van der Waals surface area (Å²) in [6, 6.07) is 0. The summed E-state index contributed by atoms with van der Waals surface area (Å²) >= 11 is 0. The van der Waals surface area contributed by atoms with E-state index in [2.05, 4.69) is 40.7 Å². The van der Waals surface area contributed by atoms with Crippen molar-refractivity contribution in [3.63, 3.8) is 0 Å². The maximum Gasteiger partial charge on any atom is 0.188 e. The molecule has 0 aromatic heterocycles. The molecule has 3 saturated carbocycles. The number of fused-ring (bicyclic) bond motifs is 5. The van der Waals surface area contributed by atoms with Crippen LogP contribution in [0.3, 0.4) is 0 Å². The van der Waals surface area contributed by atoms with Gasteiger partial charge in [0.05, 0.1) is 11.7 Å². The zero-order valence-corrected chi connectivity index (χ0v) is 21.5. The van der Waals surface area contributed by atoms with Gasteiger partial charge >= 0.3 is 0 Å². The summed E-state index contributed by atoms with van der Waals surface area (Å²) < 4.78 is 0.